The van der Waals surface area contributed by atoms with E-state index in [1.807, 2.05) is 0 Å². The molecule has 0 aliphatic heterocycles. The second-order valence-electron chi connectivity index (χ2n) is 5.89. The van der Waals surface area contributed by atoms with E-state index in [1.165, 1.54) is 19.6 Å². The first-order chi connectivity index (χ1) is 8.91. The number of benzene rings is 1. The zero-order chi connectivity index (χ0) is 14.0. The van der Waals surface area contributed by atoms with Crippen molar-refractivity contribution in [3.05, 3.63) is 28.3 Å². The summed E-state index contributed by atoms with van der Waals surface area (Å²) in [4.78, 5) is 10.4. The van der Waals surface area contributed by atoms with Crippen molar-refractivity contribution >= 4 is 11.4 Å². The first kappa shape index (κ1) is 13.6. The van der Waals surface area contributed by atoms with Gasteiger partial charge in [0.25, 0.3) is 0 Å². The Kier molecular flexibility index (Phi) is 3.64. The number of ether oxygens (including phenoxy) is 1. The molecule has 0 saturated heterocycles. The van der Waals surface area contributed by atoms with Gasteiger partial charge < -0.3 is 10.1 Å². The van der Waals surface area contributed by atoms with Crippen molar-refractivity contribution in [1.82, 2.24) is 0 Å². The van der Waals surface area contributed by atoms with Gasteiger partial charge in [-0.3, -0.25) is 10.1 Å². The molecular weight excluding hydrogens is 244 g/mol. The van der Waals surface area contributed by atoms with E-state index in [2.05, 4.69) is 19.2 Å². The average Bonchev–Trinajstić information content (AvgIpc) is 2.68. The van der Waals surface area contributed by atoms with Crippen molar-refractivity contribution in [2.24, 2.45) is 5.41 Å². The Hall–Kier alpha value is -1.78. The molecule has 2 rings (SSSR count). The van der Waals surface area contributed by atoms with Crippen LogP contribution in [0.5, 0.6) is 5.75 Å². The zero-order valence-corrected chi connectivity index (χ0v) is 11.6. The number of nitro benzene ring substituents is 1. The Morgan fingerprint density at radius 1 is 1.47 bits per heavy atom. The smallest absolute Gasteiger partial charge is 0.311 e. The fraction of sp³-hybridized carbons (Fsp3) is 0.571. The van der Waals surface area contributed by atoms with Crippen LogP contribution in [0.1, 0.15) is 33.1 Å². The minimum absolute atomic E-state index is 0.000184. The zero-order valence-electron chi connectivity index (χ0n) is 11.6. The van der Waals surface area contributed by atoms with Gasteiger partial charge in [0, 0.05) is 23.9 Å². The average molecular weight is 264 g/mol. The number of hydrogen-bond acceptors (Lipinski definition) is 4. The number of nitrogens with one attached hydrogen (secondary N) is 1. The highest BCUT2D eigenvalue weighted by Crippen LogP contribution is 2.39. The first-order valence-corrected chi connectivity index (χ1v) is 6.50. The normalized spacial score (nSPS) is 21.1. The highest BCUT2D eigenvalue weighted by molar-refractivity contribution is 5.58. The maximum atomic E-state index is 10.8. The molecule has 0 spiro atoms. The van der Waals surface area contributed by atoms with E-state index in [0.29, 0.717) is 17.2 Å². The SMILES string of the molecule is COc1cc(NC2CCC(C)(C)C2)ccc1[N+](=O)[O-]. The summed E-state index contributed by atoms with van der Waals surface area (Å²) in [6, 6.07) is 5.36. The minimum atomic E-state index is -0.429. The summed E-state index contributed by atoms with van der Waals surface area (Å²) in [5.74, 6) is 0.298. The number of rotatable bonds is 4. The molecule has 0 heterocycles. The van der Waals surface area contributed by atoms with Crippen LogP contribution in [0.25, 0.3) is 0 Å². The molecule has 5 heteroatoms. The molecule has 1 aliphatic carbocycles. The molecule has 19 heavy (non-hydrogen) atoms. The third-order valence-electron chi connectivity index (χ3n) is 3.72. The van der Waals surface area contributed by atoms with E-state index in [4.69, 9.17) is 4.74 Å². The molecule has 1 fully saturated rings. The molecule has 1 aliphatic rings. The van der Waals surface area contributed by atoms with Crippen LogP contribution >= 0.6 is 0 Å². The van der Waals surface area contributed by atoms with Gasteiger partial charge in [-0.2, -0.15) is 0 Å². The first-order valence-electron chi connectivity index (χ1n) is 6.50. The molecular formula is C14H20N2O3. The molecule has 1 aromatic carbocycles. The fourth-order valence-corrected chi connectivity index (χ4v) is 2.71. The van der Waals surface area contributed by atoms with E-state index in [1.54, 1.807) is 12.1 Å². The lowest BCUT2D eigenvalue weighted by Crippen LogP contribution is -2.17. The predicted molar refractivity (Wildman–Crippen MR) is 74.7 cm³/mol. The number of hydrogen-bond donors (Lipinski definition) is 1. The summed E-state index contributed by atoms with van der Waals surface area (Å²) >= 11 is 0. The summed E-state index contributed by atoms with van der Waals surface area (Å²) in [5, 5.41) is 14.3. The molecule has 0 aromatic heterocycles. The lowest BCUT2D eigenvalue weighted by Gasteiger charge is -2.18. The van der Waals surface area contributed by atoms with Gasteiger partial charge in [0.1, 0.15) is 0 Å². The van der Waals surface area contributed by atoms with E-state index < -0.39 is 4.92 Å². The Balaban J connectivity index is 2.12. The van der Waals surface area contributed by atoms with Crippen molar-refractivity contribution < 1.29 is 9.66 Å². The summed E-state index contributed by atoms with van der Waals surface area (Å²) in [7, 11) is 1.45. The van der Waals surface area contributed by atoms with Gasteiger partial charge in [0.2, 0.25) is 0 Å². The van der Waals surface area contributed by atoms with Crippen molar-refractivity contribution in [3.8, 4) is 5.75 Å². The second-order valence-corrected chi connectivity index (χ2v) is 5.89. The predicted octanol–water partition coefficient (Wildman–Crippen LogP) is 3.59. The van der Waals surface area contributed by atoms with Crippen molar-refractivity contribution in [1.29, 1.82) is 0 Å². The van der Waals surface area contributed by atoms with E-state index >= 15 is 0 Å². The Morgan fingerprint density at radius 2 is 2.21 bits per heavy atom. The highest BCUT2D eigenvalue weighted by Gasteiger charge is 2.30. The maximum Gasteiger partial charge on any atom is 0.311 e. The van der Waals surface area contributed by atoms with Gasteiger partial charge in [-0.05, 0) is 30.7 Å². The second kappa shape index (κ2) is 5.07. The molecule has 1 N–H and O–H groups in total. The van der Waals surface area contributed by atoms with E-state index in [0.717, 1.165) is 18.5 Å². The van der Waals surface area contributed by atoms with Crippen LogP contribution in [0.4, 0.5) is 11.4 Å². The van der Waals surface area contributed by atoms with E-state index in [-0.39, 0.29) is 5.69 Å². The van der Waals surface area contributed by atoms with Crippen LogP contribution in [0.15, 0.2) is 18.2 Å². The van der Waals surface area contributed by atoms with Gasteiger partial charge in [-0.25, -0.2) is 0 Å². The lowest BCUT2D eigenvalue weighted by atomic mass is 9.92. The lowest BCUT2D eigenvalue weighted by molar-refractivity contribution is -0.385. The van der Waals surface area contributed by atoms with Crippen LogP contribution in [0.2, 0.25) is 0 Å². The standard InChI is InChI=1S/C14H20N2O3/c1-14(2)7-6-11(9-14)15-10-4-5-12(16(17)18)13(8-10)19-3/h4-5,8,11,15H,6-7,9H2,1-3H3. The number of nitrogens with zero attached hydrogens (tertiary/aromatic N) is 1. The van der Waals surface area contributed by atoms with Gasteiger partial charge in [0.05, 0.1) is 12.0 Å². The van der Waals surface area contributed by atoms with Gasteiger partial charge in [-0.1, -0.05) is 13.8 Å². The third-order valence-corrected chi connectivity index (χ3v) is 3.72. The molecule has 1 saturated carbocycles. The Bertz CT molecular complexity index is 486. The Morgan fingerprint density at radius 3 is 2.74 bits per heavy atom. The van der Waals surface area contributed by atoms with Crippen molar-refractivity contribution in [3.63, 3.8) is 0 Å². The van der Waals surface area contributed by atoms with Gasteiger partial charge >= 0.3 is 5.69 Å². The van der Waals surface area contributed by atoms with Crippen molar-refractivity contribution in [2.75, 3.05) is 12.4 Å². The third kappa shape index (κ3) is 3.16. The highest BCUT2D eigenvalue weighted by atomic mass is 16.6. The van der Waals surface area contributed by atoms with Gasteiger partial charge in [-0.15, -0.1) is 0 Å². The van der Waals surface area contributed by atoms with Crippen molar-refractivity contribution in [2.45, 2.75) is 39.2 Å². The molecule has 0 radical (unpaired) electrons. The number of anilines is 1. The molecule has 0 amide bonds. The van der Waals surface area contributed by atoms with Crippen LogP contribution in [0, 0.1) is 15.5 Å². The number of nitro groups is 1. The Labute approximate surface area is 113 Å². The summed E-state index contributed by atoms with van der Waals surface area (Å²) in [5.41, 5.74) is 1.26. The largest absolute Gasteiger partial charge is 0.490 e. The van der Waals surface area contributed by atoms with Crippen LogP contribution in [-0.2, 0) is 0 Å². The molecule has 1 unspecified atom stereocenters. The number of methoxy groups -OCH3 is 1. The molecule has 5 nitrogen and oxygen atoms in total. The summed E-state index contributed by atoms with van der Waals surface area (Å²) in [6.07, 6.45) is 3.45. The van der Waals surface area contributed by atoms with Crippen LogP contribution in [-0.4, -0.2) is 18.1 Å². The van der Waals surface area contributed by atoms with Crippen LogP contribution in [0.3, 0.4) is 0 Å². The summed E-state index contributed by atoms with van der Waals surface area (Å²) < 4.78 is 5.07. The van der Waals surface area contributed by atoms with Crippen LogP contribution < -0.4 is 10.1 Å². The minimum Gasteiger partial charge on any atom is -0.490 e. The molecule has 0 bridgehead atoms. The fourth-order valence-electron chi connectivity index (χ4n) is 2.71. The molecule has 104 valence electrons. The van der Waals surface area contributed by atoms with Gasteiger partial charge in [0.15, 0.2) is 5.75 Å². The molecule has 1 atom stereocenters. The monoisotopic (exact) mass is 264 g/mol. The summed E-state index contributed by atoms with van der Waals surface area (Å²) in [6.45, 7) is 4.54. The quantitative estimate of drug-likeness (QED) is 0.666. The molecule has 1 aromatic rings. The van der Waals surface area contributed by atoms with E-state index in [9.17, 15) is 10.1 Å². The topological polar surface area (TPSA) is 64.4 Å². The maximum absolute atomic E-state index is 10.8.